The van der Waals surface area contributed by atoms with Gasteiger partial charge >= 0.3 is 6.03 Å². The van der Waals surface area contributed by atoms with E-state index in [1.54, 1.807) is 30.3 Å². The SMILES string of the molecule is Nc1ccc(NC(=O)Nc2ccc(Br)cc2Br)cc1. The van der Waals surface area contributed by atoms with Crippen LogP contribution in [0.15, 0.2) is 51.4 Å². The Morgan fingerprint density at radius 2 is 1.68 bits per heavy atom. The topological polar surface area (TPSA) is 67.1 Å². The van der Waals surface area contributed by atoms with Crippen LogP contribution >= 0.6 is 31.9 Å². The first-order chi connectivity index (χ1) is 9.04. The lowest BCUT2D eigenvalue weighted by atomic mass is 10.3. The average Bonchev–Trinajstić information content (AvgIpc) is 2.36. The number of halogens is 2. The minimum atomic E-state index is -0.312. The van der Waals surface area contributed by atoms with Gasteiger partial charge in [-0.05, 0) is 58.4 Å². The molecule has 0 aliphatic heterocycles. The lowest BCUT2D eigenvalue weighted by Gasteiger charge is -2.09. The maximum atomic E-state index is 11.8. The predicted molar refractivity (Wildman–Crippen MR) is 85.3 cm³/mol. The number of anilines is 3. The second-order valence-corrected chi connectivity index (χ2v) is 5.60. The molecule has 0 bridgehead atoms. The molecule has 98 valence electrons. The highest BCUT2D eigenvalue weighted by atomic mass is 79.9. The van der Waals surface area contributed by atoms with E-state index in [1.165, 1.54) is 0 Å². The summed E-state index contributed by atoms with van der Waals surface area (Å²) in [6.07, 6.45) is 0. The van der Waals surface area contributed by atoms with Crippen LogP contribution < -0.4 is 16.4 Å². The number of carbonyl (C=O) groups excluding carboxylic acids is 1. The number of hydrogen-bond acceptors (Lipinski definition) is 2. The van der Waals surface area contributed by atoms with Gasteiger partial charge in [0.05, 0.1) is 5.69 Å². The molecule has 19 heavy (non-hydrogen) atoms. The van der Waals surface area contributed by atoms with Crippen LogP contribution in [0.25, 0.3) is 0 Å². The third-order valence-corrected chi connectivity index (χ3v) is 3.50. The van der Waals surface area contributed by atoms with Crippen molar-refractivity contribution < 1.29 is 4.79 Å². The zero-order valence-electron chi connectivity index (χ0n) is 9.78. The minimum absolute atomic E-state index is 0.312. The summed E-state index contributed by atoms with van der Waals surface area (Å²) in [5.41, 5.74) is 7.60. The summed E-state index contributed by atoms with van der Waals surface area (Å²) in [6.45, 7) is 0. The Morgan fingerprint density at radius 1 is 1.00 bits per heavy atom. The molecule has 0 aliphatic rings. The number of benzene rings is 2. The molecule has 2 amide bonds. The van der Waals surface area contributed by atoms with Gasteiger partial charge in [-0.25, -0.2) is 4.79 Å². The van der Waals surface area contributed by atoms with Crippen molar-refractivity contribution in [3.63, 3.8) is 0 Å². The Labute approximate surface area is 127 Å². The van der Waals surface area contributed by atoms with Crippen molar-refractivity contribution in [1.29, 1.82) is 0 Å². The molecule has 0 saturated carbocycles. The van der Waals surface area contributed by atoms with Crippen molar-refractivity contribution in [3.8, 4) is 0 Å². The number of nitrogen functional groups attached to an aromatic ring is 1. The molecule has 0 atom stereocenters. The maximum Gasteiger partial charge on any atom is 0.323 e. The zero-order chi connectivity index (χ0) is 13.8. The van der Waals surface area contributed by atoms with Gasteiger partial charge in [0.15, 0.2) is 0 Å². The summed E-state index contributed by atoms with van der Waals surface area (Å²) in [7, 11) is 0. The van der Waals surface area contributed by atoms with E-state index in [-0.39, 0.29) is 6.03 Å². The van der Waals surface area contributed by atoms with Gasteiger partial charge in [0.1, 0.15) is 0 Å². The van der Waals surface area contributed by atoms with Crippen LogP contribution in [0.1, 0.15) is 0 Å². The highest BCUT2D eigenvalue weighted by Gasteiger charge is 2.06. The minimum Gasteiger partial charge on any atom is -0.399 e. The van der Waals surface area contributed by atoms with Crippen LogP contribution in [-0.2, 0) is 0 Å². The number of carbonyl (C=O) groups is 1. The van der Waals surface area contributed by atoms with E-state index >= 15 is 0 Å². The molecule has 0 radical (unpaired) electrons. The number of hydrogen-bond donors (Lipinski definition) is 3. The number of nitrogens with one attached hydrogen (secondary N) is 2. The van der Waals surface area contributed by atoms with Gasteiger partial charge in [-0.1, -0.05) is 15.9 Å². The molecule has 0 fully saturated rings. The summed E-state index contributed by atoms with van der Waals surface area (Å²) in [6, 6.07) is 12.1. The molecule has 2 aromatic carbocycles. The first-order valence-corrected chi connectivity index (χ1v) is 7.02. The van der Waals surface area contributed by atoms with Gasteiger partial charge in [0.2, 0.25) is 0 Å². The number of urea groups is 1. The number of amides is 2. The molecule has 2 aromatic rings. The second kappa shape index (κ2) is 6.08. The Balaban J connectivity index is 2.03. The standard InChI is InChI=1S/C13H11Br2N3O/c14-8-1-6-12(11(15)7-8)18-13(19)17-10-4-2-9(16)3-5-10/h1-7H,16H2,(H2,17,18,19). The fourth-order valence-corrected chi connectivity index (χ4v) is 2.59. The van der Waals surface area contributed by atoms with Gasteiger partial charge in [-0.15, -0.1) is 0 Å². The molecule has 2 rings (SSSR count). The molecule has 0 aliphatic carbocycles. The van der Waals surface area contributed by atoms with Crippen LogP contribution in [0.5, 0.6) is 0 Å². The van der Waals surface area contributed by atoms with Crippen LogP contribution in [0.4, 0.5) is 21.9 Å². The third kappa shape index (κ3) is 3.97. The lowest BCUT2D eigenvalue weighted by Crippen LogP contribution is -2.19. The Hall–Kier alpha value is -1.53. The van der Waals surface area contributed by atoms with Crippen molar-refractivity contribution >= 4 is 55.0 Å². The van der Waals surface area contributed by atoms with Gasteiger partial charge in [-0.2, -0.15) is 0 Å². The van der Waals surface area contributed by atoms with Gasteiger partial charge in [0.25, 0.3) is 0 Å². The van der Waals surface area contributed by atoms with Crippen molar-refractivity contribution in [2.75, 3.05) is 16.4 Å². The van der Waals surface area contributed by atoms with E-state index in [0.29, 0.717) is 17.1 Å². The molecule has 6 heteroatoms. The first kappa shape index (κ1) is 13.9. The van der Waals surface area contributed by atoms with Crippen molar-refractivity contribution in [1.82, 2.24) is 0 Å². The summed E-state index contributed by atoms with van der Waals surface area (Å²) >= 11 is 6.73. The van der Waals surface area contributed by atoms with Crippen molar-refractivity contribution in [2.24, 2.45) is 0 Å². The number of nitrogens with two attached hydrogens (primary N) is 1. The third-order valence-electron chi connectivity index (χ3n) is 2.35. The largest absolute Gasteiger partial charge is 0.399 e. The second-order valence-electron chi connectivity index (χ2n) is 3.83. The van der Waals surface area contributed by atoms with Crippen LogP contribution in [0, 0.1) is 0 Å². The molecular formula is C13H11Br2N3O. The van der Waals surface area contributed by atoms with Crippen LogP contribution in [0.2, 0.25) is 0 Å². The molecule has 0 spiro atoms. The maximum absolute atomic E-state index is 11.8. The van der Waals surface area contributed by atoms with E-state index in [4.69, 9.17) is 5.73 Å². The van der Waals surface area contributed by atoms with E-state index in [1.807, 2.05) is 12.1 Å². The Morgan fingerprint density at radius 3 is 2.32 bits per heavy atom. The quantitative estimate of drug-likeness (QED) is 0.670. The van der Waals surface area contributed by atoms with Crippen molar-refractivity contribution in [3.05, 3.63) is 51.4 Å². The fourth-order valence-electron chi connectivity index (χ4n) is 1.44. The van der Waals surface area contributed by atoms with E-state index in [2.05, 4.69) is 42.5 Å². The Bertz CT molecular complexity index is 599. The normalized spacial score (nSPS) is 10.0. The molecule has 4 N–H and O–H groups in total. The summed E-state index contributed by atoms with van der Waals surface area (Å²) in [4.78, 5) is 11.8. The lowest BCUT2D eigenvalue weighted by molar-refractivity contribution is 0.262. The molecule has 4 nitrogen and oxygen atoms in total. The van der Waals surface area contributed by atoms with Crippen molar-refractivity contribution in [2.45, 2.75) is 0 Å². The van der Waals surface area contributed by atoms with Gasteiger partial charge in [0, 0.05) is 20.3 Å². The van der Waals surface area contributed by atoms with E-state index in [0.717, 1.165) is 8.95 Å². The average molecular weight is 385 g/mol. The zero-order valence-corrected chi connectivity index (χ0v) is 13.0. The van der Waals surface area contributed by atoms with Crippen LogP contribution in [-0.4, -0.2) is 6.03 Å². The summed E-state index contributed by atoms with van der Waals surface area (Å²) in [5.74, 6) is 0. The Kier molecular flexibility index (Phi) is 4.44. The van der Waals surface area contributed by atoms with Gasteiger partial charge in [-0.3, -0.25) is 0 Å². The fraction of sp³-hybridized carbons (Fsp3) is 0. The van der Waals surface area contributed by atoms with Gasteiger partial charge < -0.3 is 16.4 Å². The molecular weight excluding hydrogens is 374 g/mol. The number of rotatable bonds is 2. The highest BCUT2D eigenvalue weighted by Crippen LogP contribution is 2.26. The highest BCUT2D eigenvalue weighted by molar-refractivity contribution is 9.11. The van der Waals surface area contributed by atoms with Crippen LogP contribution in [0.3, 0.4) is 0 Å². The molecule has 0 unspecified atom stereocenters. The predicted octanol–water partition coefficient (Wildman–Crippen LogP) is 4.44. The molecule has 0 saturated heterocycles. The van der Waals surface area contributed by atoms with E-state index in [9.17, 15) is 4.79 Å². The molecule has 0 aromatic heterocycles. The van der Waals surface area contributed by atoms with E-state index < -0.39 is 0 Å². The summed E-state index contributed by atoms with van der Waals surface area (Å²) in [5, 5.41) is 5.47. The molecule has 0 heterocycles. The monoisotopic (exact) mass is 383 g/mol. The summed E-state index contributed by atoms with van der Waals surface area (Å²) < 4.78 is 1.73. The first-order valence-electron chi connectivity index (χ1n) is 5.43. The smallest absolute Gasteiger partial charge is 0.323 e.